The first-order valence-corrected chi connectivity index (χ1v) is 4.36. The molecule has 0 radical (unpaired) electrons. The molecule has 0 aliphatic carbocycles. The first-order valence-electron chi connectivity index (χ1n) is 4.36. The molecule has 0 bridgehead atoms. The molecule has 1 unspecified atom stereocenters. The Bertz CT molecular complexity index is 308. The molecule has 1 rings (SSSR count). The lowest BCUT2D eigenvalue weighted by molar-refractivity contribution is -0.520. The Balaban J connectivity index is 3.05. The van der Waals surface area contributed by atoms with Gasteiger partial charge in [-0.15, -0.1) is 0 Å². The van der Waals surface area contributed by atoms with Gasteiger partial charge in [0.1, 0.15) is 0 Å². The molecule has 14 heavy (non-hydrogen) atoms. The normalized spacial score (nSPS) is 26.1. The van der Waals surface area contributed by atoms with Crippen LogP contribution in [-0.2, 0) is 0 Å². The maximum Gasteiger partial charge on any atom is 0.275 e. The van der Waals surface area contributed by atoms with Gasteiger partial charge in [0.25, 0.3) is 6.04 Å². The monoisotopic (exact) mass is 198 g/mol. The van der Waals surface area contributed by atoms with Crippen LogP contribution in [0.1, 0.15) is 27.2 Å². The van der Waals surface area contributed by atoms with Crippen molar-refractivity contribution < 1.29 is 4.92 Å². The van der Waals surface area contributed by atoms with Crippen LogP contribution >= 0.6 is 0 Å². The Hall–Kier alpha value is -1.46. The van der Waals surface area contributed by atoms with Crippen molar-refractivity contribution in [1.82, 2.24) is 5.43 Å². The zero-order valence-electron chi connectivity index (χ0n) is 8.50. The van der Waals surface area contributed by atoms with Gasteiger partial charge in [-0.05, 0) is 13.3 Å². The van der Waals surface area contributed by atoms with Gasteiger partial charge in [-0.3, -0.25) is 20.9 Å². The smallest absolute Gasteiger partial charge is 0.275 e. The molecule has 1 atom stereocenters. The van der Waals surface area contributed by atoms with Crippen molar-refractivity contribution in [2.45, 2.75) is 33.2 Å². The summed E-state index contributed by atoms with van der Waals surface area (Å²) >= 11 is 0. The fourth-order valence-corrected chi connectivity index (χ4v) is 1.79. The van der Waals surface area contributed by atoms with Gasteiger partial charge in [-0.2, -0.15) is 5.10 Å². The molecule has 0 aromatic carbocycles. The van der Waals surface area contributed by atoms with Crippen LogP contribution in [0.5, 0.6) is 0 Å². The Labute approximate surface area is 82.0 Å². The molecule has 0 amide bonds. The quantitative estimate of drug-likeness (QED) is 0.486. The van der Waals surface area contributed by atoms with E-state index in [1.54, 1.807) is 20.8 Å². The molecule has 0 fully saturated rings. The van der Waals surface area contributed by atoms with E-state index in [1.165, 1.54) is 0 Å². The summed E-state index contributed by atoms with van der Waals surface area (Å²) in [6.07, 6.45) is 0.522. The van der Waals surface area contributed by atoms with E-state index in [0.717, 1.165) is 5.71 Å². The first kappa shape index (κ1) is 10.6. The summed E-state index contributed by atoms with van der Waals surface area (Å²) in [7, 11) is 0. The third-order valence-electron chi connectivity index (χ3n) is 2.30. The van der Waals surface area contributed by atoms with E-state index in [0.29, 0.717) is 6.42 Å². The third kappa shape index (κ3) is 1.89. The van der Waals surface area contributed by atoms with Gasteiger partial charge in [0.05, 0.1) is 0 Å². The van der Waals surface area contributed by atoms with Gasteiger partial charge in [-0.25, -0.2) is 0 Å². The van der Waals surface area contributed by atoms with Crippen molar-refractivity contribution in [1.29, 1.82) is 5.41 Å². The standard InChI is InChI=1S/C8H14N4O2/c1-5-4-8(2,3)6(12(13)14)7(9)11-10-5/h6H,4H2,1-3H3,(H2,9,11). The summed E-state index contributed by atoms with van der Waals surface area (Å²) in [5, 5.41) is 22.2. The molecule has 6 heteroatoms. The molecule has 1 aliphatic rings. The minimum Gasteiger partial charge on any atom is -0.281 e. The lowest BCUT2D eigenvalue weighted by atomic mass is 9.80. The maximum absolute atomic E-state index is 10.8. The van der Waals surface area contributed by atoms with E-state index < -0.39 is 16.4 Å². The van der Waals surface area contributed by atoms with Crippen LogP contribution in [-0.4, -0.2) is 22.5 Å². The lowest BCUT2D eigenvalue weighted by Gasteiger charge is -2.24. The van der Waals surface area contributed by atoms with E-state index in [2.05, 4.69) is 10.5 Å². The van der Waals surface area contributed by atoms with Crippen molar-refractivity contribution in [2.24, 2.45) is 10.5 Å². The van der Waals surface area contributed by atoms with E-state index in [1.807, 2.05) is 0 Å². The average Bonchev–Trinajstić information content (AvgIpc) is 2.06. The van der Waals surface area contributed by atoms with Crippen molar-refractivity contribution in [3.63, 3.8) is 0 Å². The third-order valence-corrected chi connectivity index (χ3v) is 2.30. The number of rotatable bonds is 1. The second-order valence-electron chi connectivity index (χ2n) is 4.23. The molecular formula is C8H14N4O2. The zero-order valence-corrected chi connectivity index (χ0v) is 8.50. The highest BCUT2D eigenvalue weighted by atomic mass is 16.6. The predicted molar refractivity (Wildman–Crippen MR) is 53.2 cm³/mol. The second-order valence-corrected chi connectivity index (χ2v) is 4.23. The van der Waals surface area contributed by atoms with Crippen LogP contribution in [0.4, 0.5) is 0 Å². The summed E-state index contributed by atoms with van der Waals surface area (Å²) in [6, 6.07) is -1.01. The number of nitrogens with one attached hydrogen (secondary N) is 2. The highest BCUT2D eigenvalue weighted by molar-refractivity contribution is 5.91. The number of hydrogen-bond donors (Lipinski definition) is 2. The maximum atomic E-state index is 10.8. The van der Waals surface area contributed by atoms with Crippen LogP contribution in [0.3, 0.4) is 0 Å². The molecule has 2 N–H and O–H groups in total. The SMILES string of the molecule is CC1=NNC(=N)C([N+](=O)[O-])C(C)(C)C1. The fraction of sp³-hybridized carbons (Fsp3) is 0.750. The average molecular weight is 198 g/mol. The largest absolute Gasteiger partial charge is 0.281 e. The van der Waals surface area contributed by atoms with Gasteiger partial charge in [0.2, 0.25) is 0 Å². The second kappa shape index (κ2) is 3.36. The Morgan fingerprint density at radius 1 is 1.71 bits per heavy atom. The van der Waals surface area contributed by atoms with E-state index in [9.17, 15) is 10.1 Å². The molecular weight excluding hydrogens is 184 g/mol. The van der Waals surface area contributed by atoms with Crippen LogP contribution in [0.25, 0.3) is 0 Å². The molecule has 0 aromatic rings. The van der Waals surface area contributed by atoms with Crippen molar-refractivity contribution in [3.05, 3.63) is 10.1 Å². The van der Waals surface area contributed by atoms with Crippen LogP contribution < -0.4 is 5.43 Å². The predicted octanol–water partition coefficient (Wildman–Crippen LogP) is 1.00. The van der Waals surface area contributed by atoms with Gasteiger partial charge in [0, 0.05) is 16.0 Å². The molecule has 0 spiro atoms. The number of nitrogens with zero attached hydrogens (tertiary/aromatic N) is 2. The van der Waals surface area contributed by atoms with Crippen LogP contribution in [0.2, 0.25) is 0 Å². The van der Waals surface area contributed by atoms with Crippen molar-refractivity contribution >= 4 is 11.5 Å². The number of hydrogen-bond acceptors (Lipinski definition) is 4. The van der Waals surface area contributed by atoms with Crippen LogP contribution in [0, 0.1) is 20.9 Å². The molecule has 0 aromatic heterocycles. The van der Waals surface area contributed by atoms with E-state index in [4.69, 9.17) is 5.41 Å². The van der Waals surface area contributed by atoms with Gasteiger partial charge in [0.15, 0.2) is 5.84 Å². The number of nitro groups is 1. The zero-order chi connectivity index (χ0) is 10.9. The number of amidine groups is 1. The summed E-state index contributed by atoms with van der Waals surface area (Å²) in [4.78, 5) is 10.4. The molecule has 1 heterocycles. The molecule has 78 valence electrons. The molecule has 0 saturated carbocycles. The Morgan fingerprint density at radius 3 is 2.79 bits per heavy atom. The fourth-order valence-electron chi connectivity index (χ4n) is 1.79. The van der Waals surface area contributed by atoms with E-state index >= 15 is 0 Å². The molecule has 1 aliphatic heterocycles. The topological polar surface area (TPSA) is 91.4 Å². The van der Waals surface area contributed by atoms with Gasteiger partial charge in [-0.1, -0.05) is 13.8 Å². The van der Waals surface area contributed by atoms with Crippen molar-refractivity contribution in [3.8, 4) is 0 Å². The lowest BCUT2D eigenvalue weighted by Crippen LogP contribution is -2.45. The minimum atomic E-state index is -1.01. The summed E-state index contributed by atoms with van der Waals surface area (Å²) in [5.41, 5.74) is 2.62. The summed E-state index contributed by atoms with van der Waals surface area (Å²) in [6.45, 7) is 5.35. The van der Waals surface area contributed by atoms with E-state index in [-0.39, 0.29) is 5.84 Å². The first-order chi connectivity index (χ1) is 6.34. The van der Waals surface area contributed by atoms with Gasteiger partial charge < -0.3 is 0 Å². The van der Waals surface area contributed by atoms with Crippen LogP contribution in [0.15, 0.2) is 5.10 Å². The molecule has 6 nitrogen and oxygen atoms in total. The molecule has 0 saturated heterocycles. The Kier molecular flexibility index (Phi) is 2.55. The minimum absolute atomic E-state index is 0.142. The van der Waals surface area contributed by atoms with Gasteiger partial charge >= 0.3 is 0 Å². The highest BCUT2D eigenvalue weighted by Crippen LogP contribution is 2.29. The highest BCUT2D eigenvalue weighted by Gasteiger charge is 2.44. The number of hydrazone groups is 1. The van der Waals surface area contributed by atoms with Crippen molar-refractivity contribution in [2.75, 3.05) is 0 Å². The Morgan fingerprint density at radius 2 is 2.29 bits per heavy atom. The summed E-state index contributed by atoms with van der Waals surface area (Å²) < 4.78 is 0. The summed E-state index contributed by atoms with van der Waals surface area (Å²) in [5.74, 6) is -0.142.